The predicted molar refractivity (Wildman–Crippen MR) is 72.4 cm³/mol. The van der Waals surface area contributed by atoms with Crippen molar-refractivity contribution in [2.24, 2.45) is 11.8 Å². The fourth-order valence-electron chi connectivity index (χ4n) is 3.58. The maximum Gasteiger partial charge on any atom is 0.0991 e. The van der Waals surface area contributed by atoms with Crippen molar-refractivity contribution in [2.75, 3.05) is 24.5 Å². The second-order valence-electron chi connectivity index (χ2n) is 5.95. The minimum Gasteiger partial charge on any atom is -0.366 e. The van der Waals surface area contributed by atoms with Crippen molar-refractivity contribution in [3.63, 3.8) is 0 Å². The van der Waals surface area contributed by atoms with Crippen LogP contribution in [-0.4, -0.2) is 25.2 Å². The first kappa shape index (κ1) is 11.6. The lowest BCUT2D eigenvalue weighted by Gasteiger charge is -2.37. The largest absolute Gasteiger partial charge is 0.366 e. The summed E-state index contributed by atoms with van der Waals surface area (Å²) in [5.41, 5.74) is 2.17. The lowest BCUT2D eigenvalue weighted by molar-refractivity contribution is 0.357. The number of hydrogen-bond donors (Lipinski definition) is 1. The van der Waals surface area contributed by atoms with Crippen molar-refractivity contribution >= 4 is 5.69 Å². The van der Waals surface area contributed by atoms with E-state index in [1.165, 1.54) is 5.69 Å². The quantitative estimate of drug-likeness (QED) is 0.817. The molecule has 0 radical (unpaired) electrons. The van der Waals surface area contributed by atoms with Crippen LogP contribution in [0, 0.1) is 23.2 Å². The summed E-state index contributed by atoms with van der Waals surface area (Å²) in [6.45, 7) is 8.06. The molecule has 3 nitrogen and oxygen atoms in total. The average Bonchev–Trinajstić information content (AvgIpc) is 2.92. The third-order valence-electron chi connectivity index (χ3n) is 4.67. The Kier molecular flexibility index (Phi) is 2.57. The smallest absolute Gasteiger partial charge is 0.0991 e. The van der Waals surface area contributed by atoms with E-state index in [9.17, 15) is 0 Å². The van der Waals surface area contributed by atoms with Gasteiger partial charge >= 0.3 is 0 Å². The summed E-state index contributed by atoms with van der Waals surface area (Å²) < 4.78 is 0. The summed E-state index contributed by atoms with van der Waals surface area (Å²) in [4.78, 5) is 2.50. The van der Waals surface area contributed by atoms with E-state index in [-0.39, 0.29) is 5.54 Å². The van der Waals surface area contributed by atoms with Crippen molar-refractivity contribution < 1.29 is 0 Å². The summed E-state index contributed by atoms with van der Waals surface area (Å²) in [6, 6.07) is 10.2. The van der Waals surface area contributed by atoms with E-state index < -0.39 is 0 Å². The van der Waals surface area contributed by atoms with Crippen molar-refractivity contribution in [3.05, 3.63) is 29.8 Å². The lowest BCUT2D eigenvalue weighted by atomic mass is 9.84. The van der Waals surface area contributed by atoms with Crippen LogP contribution in [0.3, 0.4) is 0 Å². The molecule has 0 aromatic heterocycles. The molecule has 1 N–H and O–H groups in total. The maximum absolute atomic E-state index is 8.86. The Morgan fingerprint density at radius 1 is 1.28 bits per heavy atom. The highest BCUT2D eigenvalue weighted by Gasteiger charge is 2.49. The molecule has 2 fully saturated rings. The van der Waals surface area contributed by atoms with Gasteiger partial charge in [-0.25, -0.2) is 0 Å². The Morgan fingerprint density at radius 3 is 2.61 bits per heavy atom. The van der Waals surface area contributed by atoms with Crippen LogP contribution in [0.5, 0.6) is 0 Å². The molecule has 3 rings (SSSR count). The van der Waals surface area contributed by atoms with E-state index in [1.54, 1.807) is 0 Å². The first-order chi connectivity index (χ1) is 8.63. The highest BCUT2D eigenvalue weighted by Crippen LogP contribution is 2.43. The molecule has 0 spiro atoms. The van der Waals surface area contributed by atoms with Crippen molar-refractivity contribution in [3.8, 4) is 6.07 Å². The van der Waals surface area contributed by atoms with E-state index in [2.05, 4.69) is 42.3 Å². The van der Waals surface area contributed by atoms with Gasteiger partial charge in [0.2, 0.25) is 0 Å². The van der Waals surface area contributed by atoms with Gasteiger partial charge in [-0.1, -0.05) is 0 Å². The minimum atomic E-state index is 0.197. The van der Waals surface area contributed by atoms with Crippen LogP contribution < -0.4 is 10.2 Å². The highest BCUT2D eigenvalue weighted by molar-refractivity contribution is 5.53. The van der Waals surface area contributed by atoms with Crippen LogP contribution in [0.4, 0.5) is 5.69 Å². The van der Waals surface area contributed by atoms with Crippen LogP contribution in [-0.2, 0) is 0 Å². The monoisotopic (exact) mass is 241 g/mol. The molecule has 0 bridgehead atoms. The van der Waals surface area contributed by atoms with E-state index >= 15 is 0 Å². The molecule has 1 aromatic carbocycles. The molecular weight excluding hydrogens is 222 g/mol. The van der Waals surface area contributed by atoms with E-state index in [0.717, 1.165) is 37.0 Å². The van der Waals surface area contributed by atoms with E-state index in [4.69, 9.17) is 5.26 Å². The third-order valence-corrected chi connectivity index (χ3v) is 4.67. The number of nitriles is 1. The lowest BCUT2D eigenvalue weighted by Crippen LogP contribution is -2.44. The molecule has 3 heteroatoms. The van der Waals surface area contributed by atoms with Gasteiger partial charge in [-0.05, 0) is 49.9 Å². The predicted octanol–water partition coefficient (Wildman–Crippen LogP) is 1.99. The summed E-state index contributed by atoms with van der Waals surface area (Å²) in [5, 5.41) is 12.4. The second kappa shape index (κ2) is 4.00. The fraction of sp³-hybridized carbons (Fsp3) is 0.533. The van der Waals surface area contributed by atoms with Crippen LogP contribution in [0.2, 0.25) is 0 Å². The van der Waals surface area contributed by atoms with Gasteiger partial charge in [0.15, 0.2) is 0 Å². The standard InChI is InChI=1S/C15H19N3/c1-15(2)14-9-17-8-12(14)10-18(15)13-5-3-11(7-16)4-6-13/h3-6,12,14,17H,8-10H2,1-2H3. The van der Waals surface area contributed by atoms with Crippen LogP contribution in [0.15, 0.2) is 24.3 Å². The first-order valence-electron chi connectivity index (χ1n) is 6.61. The minimum absolute atomic E-state index is 0.197. The average molecular weight is 241 g/mol. The van der Waals surface area contributed by atoms with Crippen molar-refractivity contribution in [1.82, 2.24) is 5.32 Å². The molecule has 2 aliphatic heterocycles. The molecule has 0 aliphatic carbocycles. The normalized spacial score (nSPS) is 29.1. The van der Waals surface area contributed by atoms with Crippen molar-refractivity contribution in [2.45, 2.75) is 19.4 Å². The number of benzene rings is 1. The molecule has 1 aromatic rings. The highest BCUT2D eigenvalue weighted by atomic mass is 15.3. The van der Waals surface area contributed by atoms with E-state index in [1.807, 2.05) is 12.1 Å². The summed E-state index contributed by atoms with van der Waals surface area (Å²) in [7, 11) is 0. The number of fused-ring (bicyclic) bond motifs is 1. The topological polar surface area (TPSA) is 39.1 Å². The van der Waals surface area contributed by atoms with Gasteiger partial charge in [-0.15, -0.1) is 0 Å². The Morgan fingerprint density at radius 2 is 2.00 bits per heavy atom. The molecule has 2 saturated heterocycles. The van der Waals surface area contributed by atoms with Crippen LogP contribution >= 0.6 is 0 Å². The molecule has 2 heterocycles. The molecule has 2 atom stereocenters. The zero-order chi connectivity index (χ0) is 12.8. The summed E-state index contributed by atoms with van der Waals surface area (Å²) in [5.74, 6) is 1.49. The van der Waals surface area contributed by atoms with Crippen LogP contribution in [0.1, 0.15) is 19.4 Å². The van der Waals surface area contributed by atoms with Gasteiger partial charge in [0, 0.05) is 30.9 Å². The van der Waals surface area contributed by atoms with Crippen LogP contribution in [0.25, 0.3) is 0 Å². The Labute approximate surface area is 108 Å². The Bertz CT molecular complexity index is 483. The summed E-state index contributed by atoms with van der Waals surface area (Å²) in [6.07, 6.45) is 0. The number of hydrogen-bond acceptors (Lipinski definition) is 3. The molecule has 18 heavy (non-hydrogen) atoms. The first-order valence-corrected chi connectivity index (χ1v) is 6.61. The SMILES string of the molecule is CC1(C)C2CNCC2CN1c1ccc(C#N)cc1. The molecule has 2 aliphatic rings. The van der Waals surface area contributed by atoms with Gasteiger partial charge in [0.25, 0.3) is 0 Å². The third kappa shape index (κ3) is 1.60. The Hall–Kier alpha value is -1.53. The molecule has 0 saturated carbocycles. The number of rotatable bonds is 1. The zero-order valence-electron chi connectivity index (χ0n) is 11.0. The maximum atomic E-state index is 8.86. The zero-order valence-corrected chi connectivity index (χ0v) is 11.0. The molecule has 94 valence electrons. The number of anilines is 1. The fourth-order valence-corrected chi connectivity index (χ4v) is 3.58. The molecular formula is C15H19N3. The summed E-state index contributed by atoms with van der Waals surface area (Å²) >= 11 is 0. The molecule has 2 unspecified atom stereocenters. The van der Waals surface area contributed by atoms with Crippen molar-refractivity contribution in [1.29, 1.82) is 5.26 Å². The van der Waals surface area contributed by atoms with Gasteiger partial charge in [0.05, 0.1) is 11.6 Å². The number of nitrogens with one attached hydrogen (secondary N) is 1. The van der Waals surface area contributed by atoms with Gasteiger partial charge in [-0.3, -0.25) is 0 Å². The second-order valence-corrected chi connectivity index (χ2v) is 5.95. The van der Waals surface area contributed by atoms with Gasteiger partial charge in [-0.2, -0.15) is 5.26 Å². The molecule has 0 amide bonds. The number of nitrogens with zero attached hydrogens (tertiary/aromatic N) is 2. The van der Waals surface area contributed by atoms with Gasteiger partial charge in [0.1, 0.15) is 0 Å². The van der Waals surface area contributed by atoms with Gasteiger partial charge < -0.3 is 10.2 Å². The Balaban J connectivity index is 1.90. The van der Waals surface area contributed by atoms with E-state index in [0.29, 0.717) is 0 Å².